The second-order valence-electron chi connectivity index (χ2n) is 6.33. The lowest BCUT2D eigenvalue weighted by Crippen LogP contribution is -2.39. The normalized spacial score (nSPS) is 19.2. The van der Waals surface area contributed by atoms with Crippen LogP contribution in [-0.2, 0) is 4.79 Å². The van der Waals surface area contributed by atoms with Crippen molar-refractivity contribution >= 4 is 5.97 Å². The monoisotopic (exact) mass is 325 g/mol. The van der Waals surface area contributed by atoms with Crippen LogP contribution in [0.4, 0.5) is 0 Å². The van der Waals surface area contributed by atoms with Crippen LogP contribution in [0.15, 0.2) is 48.5 Å². The van der Waals surface area contributed by atoms with Crippen LogP contribution < -0.4 is 4.74 Å². The number of aliphatic carboxylic acids is 1. The Morgan fingerprint density at radius 1 is 1.21 bits per heavy atom. The predicted molar refractivity (Wildman–Crippen MR) is 93.4 cm³/mol. The summed E-state index contributed by atoms with van der Waals surface area (Å²) < 4.78 is 5.37. The van der Waals surface area contributed by atoms with Crippen molar-refractivity contribution in [1.29, 1.82) is 0 Å². The predicted octanol–water partition coefficient (Wildman–Crippen LogP) is 3.64. The number of hydrogen-bond donors (Lipinski definition) is 1. The number of carboxylic acids is 1. The molecule has 2 aromatic carbocycles. The highest BCUT2D eigenvalue weighted by molar-refractivity contribution is 5.74. The van der Waals surface area contributed by atoms with E-state index in [4.69, 9.17) is 4.74 Å². The molecule has 0 radical (unpaired) electrons. The van der Waals surface area contributed by atoms with Crippen LogP contribution in [0.3, 0.4) is 0 Å². The van der Waals surface area contributed by atoms with Gasteiger partial charge in [-0.3, -0.25) is 9.69 Å². The molecule has 3 rings (SSSR count). The van der Waals surface area contributed by atoms with Gasteiger partial charge in [-0.05, 0) is 43.0 Å². The highest BCUT2D eigenvalue weighted by atomic mass is 16.5. The number of carbonyl (C=O) groups is 1. The SMILES string of the molecule is COc1cccc(C(c2cccc(C)c2)N2CCCC2C(=O)O)c1. The number of ether oxygens (including phenoxy) is 1. The van der Waals surface area contributed by atoms with Gasteiger partial charge in [0.2, 0.25) is 0 Å². The minimum Gasteiger partial charge on any atom is -0.497 e. The first kappa shape index (κ1) is 16.5. The lowest BCUT2D eigenvalue weighted by Gasteiger charge is -2.32. The number of methoxy groups -OCH3 is 1. The van der Waals surface area contributed by atoms with E-state index in [0.717, 1.165) is 29.8 Å². The summed E-state index contributed by atoms with van der Waals surface area (Å²) in [5.41, 5.74) is 3.36. The third-order valence-corrected chi connectivity index (χ3v) is 4.68. The Labute approximate surface area is 142 Å². The summed E-state index contributed by atoms with van der Waals surface area (Å²) >= 11 is 0. The van der Waals surface area contributed by atoms with E-state index in [-0.39, 0.29) is 6.04 Å². The van der Waals surface area contributed by atoms with Crippen molar-refractivity contribution in [2.75, 3.05) is 13.7 Å². The van der Waals surface area contributed by atoms with Crippen LogP contribution in [0.2, 0.25) is 0 Å². The maximum absolute atomic E-state index is 11.7. The standard InChI is InChI=1S/C20H23NO3/c1-14-6-3-7-15(12-14)19(16-8-4-9-17(13-16)24-2)21-11-5-10-18(21)20(22)23/h3-4,6-9,12-13,18-19H,5,10-11H2,1-2H3,(H,22,23). The molecule has 1 aliphatic rings. The summed E-state index contributed by atoms with van der Waals surface area (Å²) in [5, 5.41) is 9.62. The molecule has 0 aliphatic carbocycles. The zero-order valence-electron chi connectivity index (χ0n) is 14.1. The second-order valence-corrected chi connectivity index (χ2v) is 6.33. The molecule has 0 saturated carbocycles. The minimum absolute atomic E-state index is 0.0800. The quantitative estimate of drug-likeness (QED) is 0.912. The maximum atomic E-state index is 11.7. The van der Waals surface area contributed by atoms with Gasteiger partial charge in [-0.25, -0.2) is 0 Å². The van der Waals surface area contributed by atoms with Crippen molar-refractivity contribution in [3.05, 3.63) is 65.2 Å². The molecule has 4 heteroatoms. The first-order valence-corrected chi connectivity index (χ1v) is 8.29. The van der Waals surface area contributed by atoms with Crippen LogP contribution in [0.25, 0.3) is 0 Å². The van der Waals surface area contributed by atoms with Gasteiger partial charge in [0.25, 0.3) is 0 Å². The van der Waals surface area contributed by atoms with Crippen LogP contribution in [0.1, 0.15) is 35.6 Å². The Morgan fingerprint density at radius 2 is 1.92 bits per heavy atom. The zero-order chi connectivity index (χ0) is 17.1. The van der Waals surface area contributed by atoms with E-state index in [9.17, 15) is 9.90 Å². The highest BCUT2D eigenvalue weighted by Gasteiger charge is 2.36. The van der Waals surface area contributed by atoms with Gasteiger partial charge >= 0.3 is 5.97 Å². The van der Waals surface area contributed by atoms with Crippen LogP contribution >= 0.6 is 0 Å². The largest absolute Gasteiger partial charge is 0.497 e. The van der Waals surface area contributed by atoms with Crippen LogP contribution in [0.5, 0.6) is 5.75 Å². The number of nitrogens with zero attached hydrogens (tertiary/aromatic N) is 1. The van der Waals surface area contributed by atoms with Gasteiger partial charge < -0.3 is 9.84 Å². The van der Waals surface area contributed by atoms with Gasteiger partial charge in [-0.15, -0.1) is 0 Å². The Morgan fingerprint density at radius 3 is 2.58 bits per heavy atom. The van der Waals surface area contributed by atoms with Crippen molar-refractivity contribution in [2.45, 2.75) is 31.8 Å². The molecule has 0 amide bonds. The summed E-state index contributed by atoms with van der Waals surface area (Å²) in [4.78, 5) is 13.8. The van der Waals surface area contributed by atoms with Gasteiger partial charge in [0.15, 0.2) is 0 Å². The summed E-state index contributed by atoms with van der Waals surface area (Å²) in [7, 11) is 1.65. The van der Waals surface area contributed by atoms with E-state index >= 15 is 0 Å². The summed E-state index contributed by atoms with van der Waals surface area (Å²) in [5.74, 6) is 0.0456. The third-order valence-electron chi connectivity index (χ3n) is 4.68. The molecule has 2 unspecified atom stereocenters. The Bertz CT molecular complexity index is 728. The average Bonchev–Trinajstić information content (AvgIpc) is 3.05. The molecule has 1 fully saturated rings. The van der Waals surface area contributed by atoms with E-state index in [1.54, 1.807) is 7.11 Å². The Balaban J connectivity index is 2.08. The summed E-state index contributed by atoms with van der Waals surface area (Å²) in [6.07, 6.45) is 1.60. The summed E-state index contributed by atoms with van der Waals surface area (Å²) in [6.45, 7) is 2.84. The molecule has 0 aromatic heterocycles. The van der Waals surface area contributed by atoms with E-state index < -0.39 is 12.0 Å². The number of rotatable bonds is 5. The highest BCUT2D eigenvalue weighted by Crippen LogP contribution is 2.36. The molecule has 2 aromatic rings. The minimum atomic E-state index is -0.743. The number of likely N-dealkylation sites (tertiary alicyclic amines) is 1. The van der Waals surface area contributed by atoms with E-state index in [2.05, 4.69) is 30.0 Å². The lowest BCUT2D eigenvalue weighted by molar-refractivity contribution is -0.142. The van der Waals surface area contributed by atoms with E-state index in [0.29, 0.717) is 6.42 Å². The Hall–Kier alpha value is -2.33. The molecular formula is C20H23NO3. The van der Waals surface area contributed by atoms with Crippen molar-refractivity contribution < 1.29 is 14.6 Å². The van der Waals surface area contributed by atoms with Crippen molar-refractivity contribution in [3.8, 4) is 5.75 Å². The van der Waals surface area contributed by atoms with E-state index in [1.807, 2.05) is 30.3 Å². The molecule has 1 N–H and O–H groups in total. The fraction of sp³-hybridized carbons (Fsp3) is 0.350. The van der Waals surface area contributed by atoms with Crippen molar-refractivity contribution in [2.24, 2.45) is 0 Å². The first-order chi connectivity index (χ1) is 11.6. The van der Waals surface area contributed by atoms with Crippen molar-refractivity contribution in [1.82, 2.24) is 4.90 Å². The first-order valence-electron chi connectivity index (χ1n) is 8.29. The smallest absolute Gasteiger partial charge is 0.320 e. The molecule has 0 spiro atoms. The molecule has 126 valence electrons. The number of carboxylic acid groups (broad SMARTS) is 1. The molecule has 24 heavy (non-hydrogen) atoms. The van der Waals surface area contributed by atoms with Crippen LogP contribution in [0, 0.1) is 6.92 Å². The van der Waals surface area contributed by atoms with Gasteiger partial charge in [0.05, 0.1) is 13.2 Å². The molecule has 1 aliphatic heterocycles. The average molecular weight is 325 g/mol. The molecular weight excluding hydrogens is 302 g/mol. The molecule has 4 nitrogen and oxygen atoms in total. The topological polar surface area (TPSA) is 49.8 Å². The lowest BCUT2D eigenvalue weighted by atomic mass is 9.95. The van der Waals surface area contributed by atoms with E-state index in [1.165, 1.54) is 5.56 Å². The fourth-order valence-corrected chi connectivity index (χ4v) is 3.59. The zero-order valence-corrected chi connectivity index (χ0v) is 14.1. The van der Waals surface area contributed by atoms with Gasteiger partial charge in [-0.1, -0.05) is 42.0 Å². The van der Waals surface area contributed by atoms with Crippen LogP contribution in [-0.4, -0.2) is 35.7 Å². The van der Waals surface area contributed by atoms with Gasteiger partial charge in [-0.2, -0.15) is 0 Å². The third kappa shape index (κ3) is 3.29. The molecule has 0 bridgehead atoms. The number of benzene rings is 2. The molecule has 1 saturated heterocycles. The van der Waals surface area contributed by atoms with Gasteiger partial charge in [0.1, 0.15) is 11.8 Å². The fourth-order valence-electron chi connectivity index (χ4n) is 3.59. The summed E-state index contributed by atoms with van der Waals surface area (Å²) in [6, 6.07) is 15.7. The number of aryl methyl sites for hydroxylation is 1. The maximum Gasteiger partial charge on any atom is 0.320 e. The Kier molecular flexibility index (Phi) is 4.86. The second kappa shape index (κ2) is 7.05. The molecule has 1 heterocycles. The molecule has 2 atom stereocenters. The van der Waals surface area contributed by atoms with Crippen molar-refractivity contribution in [3.63, 3.8) is 0 Å². The number of hydrogen-bond acceptors (Lipinski definition) is 3. The van der Waals surface area contributed by atoms with Gasteiger partial charge in [0, 0.05) is 6.54 Å².